The molecule has 1 aliphatic rings. The Morgan fingerprint density at radius 1 is 1.18 bits per heavy atom. The van der Waals surface area contributed by atoms with E-state index in [1.807, 2.05) is 0 Å². The van der Waals surface area contributed by atoms with E-state index < -0.39 is 23.8 Å². The van der Waals surface area contributed by atoms with E-state index in [0.717, 1.165) is 0 Å². The number of rotatable bonds is 2. The average molecular weight is 314 g/mol. The van der Waals surface area contributed by atoms with Gasteiger partial charge in [-0.3, -0.25) is 5.32 Å². The predicted octanol–water partition coefficient (Wildman–Crippen LogP) is 1.71. The molecule has 1 aliphatic heterocycles. The van der Waals surface area contributed by atoms with Gasteiger partial charge in [-0.1, -0.05) is 0 Å². The zero-order chi connectivity index (χ0) is 16.9. The Kier molecular flexibility index (Phi) is 5.78. The normalized spacial score (nSPS) is 15.1. The SMILES string of the molecule is COC(=O)C(NC(=O)OC(C)(C)C)=C1CCN(C(=O)O)CC1. The van der Waals surface area contributed by atoms with Crippen molar-refractivity contribution in [3.63, 3.8) is 0 Å². The lowest BCUT2D eigenvalue weighted by Gasteiger charge is -2.27. The Hall–Kier alpha value is -2.25. The van der Waals surface area contributed by atoms with Crippen LogP contribution in [0.2, 0.25) is 0 Å². The van der Waals surface area contributed by atoms with Gasteiger partial charge >= 0.3 is 18.2 Å². The van der Waals surface area contributed by atoms with Crippen molar-refractivity contribution in [2.75, 3.05) is 20.2 Å². The molecule has 8 heteroatoms. The molecule has 22 heavy (non-hydrogen) atoms. The van der Waals surface area contributed by atoms with Gasteiger partial charge in [0, 0.05) is 13.1 Å². The summed E-state index contributed by atoms with van der Waals surface area (Å²) in [7, 11) is 1.21. The van der Waals surface area contributed by atoms with Crippen LogP contribution in [-0.4, -0.2) is 54.0 Å². The quantitative estimate of drug-likeness (QED) is 0.594. The fraction of sp³-hybridized carbons (Fsp3) is 0.643. The van der Waals surface area contributed by atoms with Crippen LogP contribution in [0.3, 0.4) is 0 Å². The molecule has 0 aromatic carbocycles. The zero-order valence-electron chi connectivity index (χ0n) is 13.3. The molecular weight excluding hydrogens is 292 g/mol. The minimum absolute atomic E-state index is 0.0294. The van der Waals surface area contributed by atoms with Crippen molar-refractivity contribution in [2.24, 2.45) is 0 Å². The molecule has 1 saturated heterocycles. The Morgan fingerprint density at radius 2 is 1.73 bits per heavy atom. The van der Waals surface area contributed by atoms with Crippen molar-refractivity contribution < 1.29 is 29.0 Å². The van der Waals surface area contributed by atoms with Crippen LogP contribution in [0.15, 0.2) is 11.3 Å². The minimum atomic E-state index is -1.00. The van der Waals surface area contributed by atoms with Crippen LogP contribution in [0, 0.1) is 0 Å². The molecule has 0 aromatic rings. The van der Waals surface area contributed by atoms with E-state index in [9.17, 15) is 14.4 Å². The zero-order valence-corrected chi connectivity index (χ0v) is 13.3. The van der Waals surface area contributed by atoms with Crippen molar-refractivity contribution in [1.82, 2.24) is 10.2 Å². The van der Waals surface area contributed by atoms with Gasteiger partial charge in [0.15, 0.2) is 0 Å². The summed E-state index contributed by atoms with van der Waals surface area (Å²) in [5, 5.41) is 11.3. The molecule has 0 aromatic heterocycles. The smallest absolute Gasteiger partial charge is 0.412 e. The first kappa shape index (κ1) is 17.8. The van der Waals surface area contributed by atoms with E-state index in [2.05, 4.69) is 10.1 Å². The van der Waals surface area contributed by atoms with E-state index in [1.54, 1.807) is 20.8 Å². The molecule has 0 saturated carbocycles. The number of nitrogens with zero attached hydrogens (tertiary/aromatic N) is 1. The highest BCUT2D eigenvalue weighted by atomic mass is 16.6. The van der Waals surface area contributed by atoms with E-state index >= 15 is 0 Å². The summed E-state index contributed by atoms with van der Waals surface area (Å²) in [6.45, 7) is 5.66. The van der Waals surface area contributed by atoms with Crippen LogP contribution >= 0.6 is 0 Å². The first-order valence-electron chi connectivity index (χ1n) is 6.92. The summed E-state index contributed by atoms with van der Waals surface area (Å²) < 4.78 is 9.79. The van der Waals surface area contributed by atoms with Gasteiger partial charge in [-0.2, -0.15) is 0 Å². The van der Waals surface area contributed by atoms with E-state index in [4.69, 9.17) is 9.84 Å². The molecule has 0 atom stereocenters. The number of amides is 2. The molecule has 0 radical (unpaired) electrons. The molecule has 0 aliphatic carbocycles. The predicted molar refractivity (Wildman–Crippen MR) is 77.2 cm³/mol. The Balaban J connectivity index is 2.85. The standard InChI is InChI=1S/C14H22N2O6/c1-14(2,3)22-12(18)15-10(11(17)21-4)9-5-7-16(8-6-9)13(19)20/h5-8H2,1-4H3,(H,15,18)(H,19,20). The highest BCUT2D eigenvalue weighted by molar-refractivity contribution is 5.93. The number of likely N-dealkylation sites (tertiary alicyclic amines) is 1. The second-order valence-corrected chi connectivity index (χ2v) is 5.87. The van der Waals surface area contributed by atoms with Gasteiger partial charge in [0.05, 0.1) is 7.11 Å². The lowest BCUT2D eigenvalue weighted by molar-refractivity contribution is -0.136. The fourth-order valence-electron chi connectivity index (χ4n) is 2.01. The van der Waals surface area contributed by atoms with Gasteiger partial charge in [-0.15, -0.1) is 0 Å². The molecule has 8 nitrogen and oxygen atoms in total. The minimum Gasteiger partial charge on any atom is -0.465 e. The highest BCUT2D eigenvalue weighted by Crippen LogP contribution is 2.20. The molecule has 124 valence electrons. The van der Waals surface area contributed by atoms with Crippen LogP contribution < -0.4 is 5.32 Å². The third-order valence-corrected chi connectivity index (χ3v) is 3.01. The van der Waals surface area contributed by atoms with Crippen molar-refractivity contribution in [3.05, 3.63) is 11.3 Å². The molecule has 1 fully saturated rings. The van der Waals surface area contributed by atoms with Crippen LogP contribution in [-0.2, 0) is 14.3 Å². The molecule has 2 amide bonds. The maximum Gasteiger partial charge on any atom is 0.412 e. The summed E-state index contributed by atoms with van der Waals surface area (Å²) in [5.41, 5.74) is -0.0140. The number of ether oxygens (including phenoxy) is 2. The van der Waals surface area contributed by atoms with Gasteiger partial charge < -0.3 is 19.5 Å². The van der Waals surface area contributed by atoms with Gasteiger partial charge in [-0.05, 0) is 39.2 Å². The monoisotopic (exact) mass is 314 g/mol. The van der Waals surface area contributed by atoms with Crippen molar-refractivity contribution in [1.29, 1.82) is 0 Å². The van der Waals surface area contributed by atoms with Crippen LogP contribution in [0.25, 0.3) is 0 Å². The number of nitrogens with one attached hydrogen (secondary N) is 1. The largest absolute Gasteiger partial charge is 0.465 e. The van der Waals surface area contributed by atoms with Crippen molar-refractivity contribution >= 4 is 18.2 Å². The summed E-state index contributed by atoms with van der Waals surface area (Å²) in [6, 6.07) is 0. The fourth-order valence-corrected chi connectivity index (χ4v) is 2.01. The molecule has 0 unspecified atom stereocenters. The summed E-state index contributed by atoms with van der Waals surface area (Å²) in [6.07, 6.45) is -1.04. The summed E-state index contributed by atoms with van der Waals surface area (Å²) >= 11 is 0. The molecule has 1 rings (SSSR count). The average Bonchev–Trinajstić information content (AvgIpc) is 2.42. The van der Waals surface area contributed by atoms with Crippen LogP contribution in [0.1, 0.15) is 33.6 Å². The first-order valence-corrected chi connectivity index (χ1v) is 6.92. The number of carbonyl (C=O) groups is 3. The van der Waals surface area contributed by atoms with Gasteiger partial charge in [0.25, 0.3) is 0 Å². The number of piperidine rings is 1. The number of carbonyl (C=O) groups excluding carboxylic acids is 2. The van der Waals surface area contributed by atoms with E-state index in [1.165, 1.54) is 12.0 Å². The van der Waals surface area contributed by atoms with E-state index in [0.29, 0.717) is 18.4 Å². The molecule has 2 N–H and O–H groups in total. The number of carboxylic acid groups (broad SMARTS) is 1. The molecular formula is C14H22N2O6. The summed E-state index contributed by atoms with van der Waals surface area (Å²) in [5.74, 6) is -0.676. The molecule has 1 heterocycles. The molecule has 0 spiro atoms. The number of esters is 1. The summed E-state index contributed by atoms with van der Waals surface area (Å²) in [4.78, 5) is 35.8. The lowest BCUT2D eigenvalue weighted by atomic mass is 10.0. The van der Waals surface area contributed by atoms with Crippen LogP contribution in [0.5, 0.6) is 0 Å². The second-order valence-electron chi connectivity index (χ2n) is 5.87. The number of hydrogen-bond donors (Lipinski definition) is 2. The highest BCUT2D eigenvalue weighted by Gasteiger charge is 2.26. The maximum atomic E-state index is 11.8. The van der Waals surface area contributed by atoms with Crippen LogP contribution in [0.4, 0.5) is 9.59 Å². The number of hydrogen-bond acceptors (Lipinski definition) is 5. The lowest BCUT2D eigenvalue weighted by Crippen LogP contribution is -2.39. The van der Waals surface area contributed by atoms with Crippen molar-refractivity contribution in [2.45, 2.75) is 39.2 Å². The Bertz CT molecular complexity index is 482. The third kappa shape index (κ3) is 5.27. The van der Waals surface area contributed by atoms with Gasteiger partial charge in [0.2, 0.25) is 0 Å². The first-order chi connectivity index (χ1) is 10.1. The second kappa shape index (κ2) is 7.15. The van der Waals surface area contributed by atoms with E-state index in [-0.39, 0.29) is 18.8 Å². The maximum absolute atomic E-state index is 11.8. The molecule has 0 bridgehead atoms. The Labute approximate surface area is 129 Å². The number of methoxy groups -OCH3 is 1. The van der Waals surface area contributed by atoms with Gasteiger partial charge in [-0.25, -0.2) is 14.4 Å². The van der Waals surface area contributed by atoms with Gasteiger partial charge in [0.1, 0.15) is 11.3 Å². The third-order valence-electron chi connectivity index (χ3n) is 3.01. The Morgan fingerprint density at radius 3 is 2.14 bits per heavy atom. The topological polar surface area (TPSA) is 105 Å². The number of alkyl carbamates (subject to hydrolysis) is 1. The van der Waals surface area contributed by atoms with Crippen molar-refractivity contribution in [3.8, 4) is 0 Å².